The molecule has 0 unspecified atom stereocenters. The molecular formula is C14H22N4O. The highest BCUT2D eigenvalue weighted by molar-refractivity contribution is 5.92. The summed E-state index contributed by atoms with van der Waals surface area (Å²) in [6.45, 7) is 6.73. The number of amides is 1. The number of piperidine rings is 1. The first-order chi connectivity index (χ1) is 9.22. The van der Waals surface area contributed by atoms with E-state index in [2.05, 4.69) is 22.2 Å². The highest BCUT2D eigenvalue weighted by Crippen LogP contribution is 2.15. The van der Waals surface area contributed by atoms with Crippen LogP contribution in [-0.2, 0) is 0 Å². The van der Waals surface area contributed by atoms with Crippen LogP contribution in [0.5, 0.6) is 0 Å². The zero-order valence-corrected chi connectivity index (χ0v) is 11.7. The summed E-state index contributed by atoms with van der Waals surface area (Å²) in [5.41, 5.74) is 1.29. The van der Waals surface area contributed by atoms with Gasteiger partial charge < -0.3 is 10.2 Å². The molecule has 1 aliphatic heterocycles. The predicted molar refractivity (Wildman–Crippen MR) is 74.0 cm³/mol. The van der Waals surface area contributed by atoms with Crippen LogP contribution in [0.1, 0.15) is 42.4 Å². The summed E-state index contributed by atoms with van der Waals surface area (Å²) in [5.74, 6) is 0.0150. The van der Waals surface area contributed by atoms with Gasteiger partial charge in [0.1, 0.15) is 5.69 Å². The minimum atomic E-state index is 0.0150. The van der Waals surface area contributed by atoms with Crippen molar-refractivity contribution in [3.8, 4) is 0 Å². The van der Waals surface area contributed by atoms with Crippen LogP contribution in [0.25, 0.3) is 0 Å². The van der Waals surface area contributed by atoms with Crippen LogP contribution in [0.2, 0.25) is 0 Å². The van der Waals surface area contributed by atoms with Crippen molar-refractivity contribution in [3.05, 3.63) is 23.8 Å². The fourth-order valence-corrected chi connectivity index (χ4v) is 2.46. The molecule has 5 heteroatoms. The average Bonchev–Trinajstić information content (AvgIpc) is 2.46. The van der Waals surface area contributed by atoms with Crippen molar-refractivity contribution in [2.45, 2.75) is 39.2 Å². The Morgan fingerprint density at radius 3 is 2.68 bits per heavy atom. The second-order valence-electron chi connectivity index (χ2n) is 5.02. The number of aryl methyl sites for hydroxylation is 1. The number of hydrogen-bond donors (Lipinski definition) is 1. The smallest absolute Gasteiger partial charge is 0.274 e. The summed E-state index contributed by atoms with van der Waals surface area (Å²) in [5, 5.41) is 3.33. The molecule has 1 aromatic rings. The van der Waals surface area contributed by atoms with Gasteiger partial charge in [-0.2, -0.15) is 0 Å². The molecule has 0 bridgehead atoms. The molecule has 2 rings (SSSR count). The third kappa shape index (κ3) is 3.50. The molecule has 1 aromatic heterocycles. The Kier molecular flexibility index (Phi) is 4.85. The van der Waals surface area contributed by atoms with E-state index in [0.717, 1.165) is 44.6 Å². The molecule has 104 valence electrons. The minimum Gasteiger partial charge on any atom is -0.334 e. The lowest BCUT2D eigenvalue weighted by molar-refractivity contribution is 0.0636. The molecule has 0 aliphatic carbocycles. The normalized spacial score (nSPS) is 16.3. The quantitative estimate of drug-likeness (QED) is 0.891. The van der Waals surface area contributed by atoms with Crippen molar-refractivity contribution >= 4 is 5.91 Å². The van der Waals surface area contributed by atoms with Crippen LogP contribution in [0.15, 0.2) is 12.4 Å². The van der Waals surface area contributed by atoms with Crippen molar-refractivity contribution in [1.29, 1.82) is 0 Å². The average molecular weight is 262 g/mol. The number of rotatable bonds is 4. The summed E-state index contributed by atoms with van der Waals surface area (Å²) in [7, 11) is 0. The molecule has 0 saturated carbocycles. The maximum Gasteiger partial charge on any atom is 0.274 e. The fourth-order valence-electron chi connectivity index (χ4n) is 2.46. The van der Waals surface area contributed by atoms with E-state index in [0.29, 0.717) is 11.7 Å². The monoisotopic (exact) mass is 262 g/mol. The van der Waals surface area contributed by atoms with Crippen LogP contribution in [0.4, 0.5) is 0 Å². The lowest BCUT2D eigenvalue weighted by atomic mass is 10.0. The molecule has 1 aliphatic rings. The Bertz CT molecular complexity index is 412. The number of nitrogens with zero attached hydrogens (tertiary/aromatic N) is 3. The van der Waals surface area contributed by atoms with Gasteiger partial charge in [-0.1, -0.05) is 6.92 Å². The van der Waals surface area contributed by atoms with Crippen molar-refractivity contribution in [1.82, 2.24) is 20.2 Å². The number of carbonyl (C=O) groups excluding carboxylic acids is 1. The van der Waals surface area contributed by atoms with Crippen LogP contribution < -0.4 is 5.32 Å². The Morgan fingerprint density at radius 2 is 2.11 bits per heavy atom. The summed E-state index contributed by atoms with van der Waals surface area (Å²) < 4.78 is 0. The largest absolute Gasteiger partial charge is 0.334 e. The molecule has 2 heterocycles. The van der Waals surface area contributed by atoms with Crippen molar-refractivity contribution in [2.75, 3.05) is 19.6 Å². The molecule has 5 nitrogen and oxygen atoms in total. The molecule has 1 N–H and O–H groups in total. The highest BCUT2D eigenvalue weighted by atomic mass is 16.2. The van der Waals surface area contributed by atoms with E-state index in [1.54, 1.807) is 12.4 Å². The zero-order chi connectivity index (χ0) is 13.7. The SMILES string of the molecule is CCCN(C(=O)c1cnc(C)cn1)C1CCNCC1. The van der Waals surface area contributed by atoms with Gasteiger partial charge in [0.05, 0.1) is 11.9 Å². The molecule has 0 aromatic carbocycles. The van der Waals surface area contributed by atoms with Crippen LogP contribution in [0.3, 0.4) is 0 Å². The number of aromatic nitrogens is 2. The second-order valence-corrected chi connectivity index (χ2v) is 5.02. The maximum atomic E-state index is 12.5. The third-order valence-corrected chi connectivity index (χ3v) is 3.47. The summed E-state index contributed by atoms with van der Waals surface area (Å²) in [6, 6.07) is 0.330. The summed E-state index contributed by atoms with van der Waals surface area (Å²) >= 11 is 0. The molecule has 1 amide bonds. The summed E-state index contributed by atoms with van der Waals surface area (Å²) in [6.07, 6.45) is 6.24. The van der Waals surface area contributed by atoms with Gasteiger partial charge in [-0.05, 0) is 39.3 Å². The van der Waals surface area contributed by atoms with Gasteiger partial charge in [0.15, 0.2) is 0 Å². The molecular weight excluding hydrogens is 240 g/mol. The van der Waals surface area contributed by atoms with Crippen LogP contribution in [-0.4, -0.2) is 46.5 Å². The molecule has 0 radical (unpaired) electrons. The fraction of sp³-hybridized carbons (Fsp3) is 0.643. The Morgan fingerprint density at radius 1 is 1.37 bits per heavy atom. The Hall–Kier alpha value is -1.49. The molecule has 1 saturated heterocycles. The predicted octanol–water partition coefficient (Wildman–Crippen LogP) is 1.39. The van der Waals surface area contributed by atoms with Crippen molar-refractivity contribution in [2.24, 2.45) is 0 Å². The van der Waals surface area contributed by atoms with Gasteiger partial charge in [0.25, 0.3) is 5.91 Å². The second kappa shape index (κ2) is 6.61. The third-order valence-electron chi connectivity index (χ3n) is 3.47. The van der Waals surface area contributed by atoms with Gasteiger partial charge in [-0.15, -0.1) is 0 Å². The van der Waals surface area contributed by atoms with Gasteiger partial charge >= 0.3 is 0 Å². The minimum absolute atomic E-state index is 0.0150. The lowest BCUT2D eigenvalue weighted by Crippen LogP contribution is -2.46. The highest BCUT2D eigenvalue weighted by Gasteiger charge is 2.26. The molecule has 1 fully saturated rings. The van der Waals surface area contributed by atoms with E-state index in [4.69, 9.17) is 0 Å². The molecule has 0 spiro atoms. The molecule has 19 heavy (non-hydrogen) atoms. The Labute approximate surface area is 114 Å². The van der Waals surface area contributed by atoms with Gasteiger partial charge in [0.2, 0.25) is 0 Å². The number of nitrogens with one attached hydrogen (secondary N) is 1. The topological polar surface area (TPSA) is 58.1 Å². The van der Waals surface area contributed by atoms with Gasteiger partial charge in [-0.3, -0.25) is 9.78 Å². The van der Waals surface area contributed by atoms with Gasteiger partial charge in [-0.25, -0.2) is 4.98 Å². The van der Waals surface area contributed by atoms with E-state index in [1.807, 2.05) is 11.8 Å². The van der Waals surface area contributed by atoms with Gasteiger partial charge in [0, 0.05) is 18.8 Å². The first-order valence-corrected chi connectivity index (χ1v) is 7.02. The first-order valence-electron chi connectivity index (χ1n) is 7.02. The van der Waals surface area contributed by atoms with Crippen LogP contribution >= 0.6 is 0 Å². The van der Waals surface area contributed by atoms with E-state index in [1.165, 1.54) is 0 Å². The standard InChI is InChI=1S/C14H22N4O/c1-3-8-18(12-4-6-15-7-5-12)14(19)13-10-16-11(2)9-17-13/h9-10,12,15H,3-8H2,1-2H3. The number of carbonyl (C=O) groups is 1. The molecule has 0 atom stereocenters. The van der Waals surface area contributed by atoms with E-state index in [-0.39, 0.29) is 5.91 Å². The van der Waals surface area contributed by atoms with Crippen molar-refractivity contribution in [3.63, 3.8) is 0 Å². The maximum absolute atomic E-state index is 12.5. The lowest BCUT2D eigenvalue weighted by Gasteiger charge is -2.34. The zero-order valence-electron chi connectivity index (χ0n) is 11.7. The van der Waals surface area contributed by atoms with E-state index in [9.17, 15) is 4.79 Å². The first kappa shape index (κ1) is 13.9. The van der Waals surface area contributed by atoms with E-state index >= 15 is 0 Å². The van der Waals surface area contributed by atoms with Crippen LogP contribution in [0, 0.1) is 6.92 Å². The Balaban J connectivity index is 2.13. The van der Waals surface area contributed by atoms with Crippen molar-refractivity contribution < 1.29 is 4.79 Å². The number of hydrogen-bond acceptors (Lipinski definition) is 4. The van der Waals surface area contributed by atoms with E-state index < -0.39 is 0 Å². The summed E-state index contributed by atoms with van der Waals surface area (Å²) in [4.78, 5) is 22.9.